The Bertz CT molecular complexity index is 434. The van der Waals surface area contributed by atoms with Crippen LogP contribution in [0.1, 0.15) is 25.3 Å². The maximum atomic E-state index is 12.2. The molecule has 0 aromatic heterocycles. The Labute approximate surface area is 114 Å². The molecule has 1 aromatic carbocycles. The van der Waals surface area contributed by atoms with E-state index in [0.29, 0.717) is 6.61 Å². The quantitative estimate of drug-likeness (QED) is 0.853. The van der Waals surface area contributed by atoms with Crippen LogP contribution in [0, 0.1) is 0 Å². The number of ether oxygens (including phenoxy) is 1. The first-order chi connectivity index (χ1) is 9.20. The van der Waals surface area contributed by atoms with Crippen LogP contribution in [0.4, 0.5) is 5.69 Å². The molecule has 0 radical (unpaired) electrons. The molecular weight excluding hydrogens is 240 g/mol. The van der Waals surface area contributed by atoms with Gasteiger partial charge in [0.2, 0.25) is 5.91 Å². The van der Waals surface area contributed by atoms with Gasteiger partial charge < -0.3 is 15.4 Å². The number of benzene rings is 1. The highest BCUT2D eigenvalue weighted by molar-refractivity contribution is 5.85. The fourth-order valence-electron chi connectivity index (χ4n) is 2.35. The lowest BCUT2D eigenvalue weighted by Crippen LogP contribution is -2.45. The van der Waals surface area contributed by atoms with Crippen LogP contribution in [-0.4, -0.2) is 31.7 Å². The Morgan fingerprint density at radius 3 is 3.11 bits per heavy atom. The van der Waals surface area contributed by atoms with Gasteiger partial charge in [0.1, 0.15) is 6.04 Å². The Balaban J connectivity index is 1.88. The fraction of sp³-hybridized carbons (Fsp3) is 0.533. The van der Waals surface area contributed by atoms with Crippen molar-refractivity contribution in [2.45, 2.75) is 38.3 Å². The number of amides is 1. The van der Waals surface area contributed by atoms with E-state index in [0.717, 1.165) is 24.9 Å². The van der Waals surface area contributed by atoms with Crippen LogP contribution in [0.5, 0.6) is 0 Å². The first kappa shape index (κ1) is 13.9. The minimum absolute atomic E-state index is 0.0816. The van der Waals surface area contributed by atoms with Gasteiger partial charge in [-0.1, -0.05) is 18.2 Å². The zero-order valence-corrected chi connectivity index (χ0v) is 11.6. The Kier molecular flexibility index (Phi) is 4.80. The van der Waals surface area contributed by atoms with Gasteiger partial charge in [0.05, 0.1) is 0 Å². The van der Waals surface area contributed by atoms with E-state index in [2.05, 4.69) is 16.7 Å². The molecule has 0 spiro atoms. The van der Waals surface area contributed by atoms with Gasteiger partial charge >= 0.3 is 0 Å². The number of fused-ring (bicyclic) bond motifs is 1. The molecule has 1 amide bonds. The average molecular weight is 262 g/mol. The highest BCUT2D eigenvalue weighted by Crippen LogP contribution is 2.24. The molecule has 0 saturated heterocycles. The minimum atomic E-state index is -0.125. The highest BCUT2D eigenvalue weighted by Gasteiger charge is 2.24. The van der Waals surface area contributed by atoms with Crippen molar-refractivity contribution in [3.8, 4) is 0 Å². The molecule has 0 bridgehead atoms. The normalized spacial score (nSPS) is 19.2. The maximum Gasteiger partial charge on any atom is 0.242 e. The van der Waals surface area contributed by atoms with Gasteiger partial charge in [-0.05, 0) is 37.8 Å². The molecule has 1 aromatic rings. The van der Waals surface area contributed by atoms with Crippen LogP contribution in [0.2, 0.25) is 0 Å². The van der Waals surface area contributed by atoms with Crippen molar-refractivity contribution in [2.75, 3.05) is 19.0 Å². The Morgan fingerprint density at radius 2 is 2.32 bits per heavy atom. The Morgan fingerprint density at radius 1 is 1.53 bits per heavy atom. The second kappa shape index (κ2) is 6.57. The van der Waals surface area contributed by atoms with Gasteiger partial charge in [-0.2, -0.15) is 0 Å². The van der Waals surface area contributed by atoms with Crippen molar-refractivity contribution in [1.82, 2.24) is 5.32 Å². The predicted molar refractivity (Wildman–Crippen MR) is 76.3 cm³/mol. The van der Waals surface area contributed by atoms with Crippen molar-refractivity contribution in [1.29, 1.82) is 0 Å². The lowest BCUT2D eigenvalue weighted by molar-refractivity contribution is -0.122. The molecule has 104 valence electrons. The predicted octanol–water partition coefficient (Wildman–Crippen LogP) is 1.95. The first-order valence-corrected chi connectivity index (χ1v) is 6.84. The number of anilines is 1. The number of hydrogen-bond acceptors (Lipinski definition) is 3. The molecule has 1 aliphatic rings. The van der Waals surface area contributed by atoms with Crippen molar-refractivity contribution >= 4 is 11.6 Å². The molecule has 0 aliphatic carbocycles. The van der Waals surface area contributed by atoms with Gasteiger partial charge in [0, 0.05) is 25.4 Å². The van der Waals surface area contributed by atoms with Gasteiger partial charge in [-0.25, -0.2) is 0 Å². The lowest BCUT2D eigenvalue weighted by Gasteiger charge is -2.27. The summed E-state index contributed by atoms with van der Waals surface area (Å²) >= 11 is 0. The zero-order chi connectivity index (χ0) is 13.7. The number of nitrogens with one attached hydrogen (secondary N) is 2. The van der Waals surface area contributed by atoms with E-state index in [-0.39, 0.29) is 18.0 Å². The number of methoxy groups -OCH3 is 1. The summed E-state index contributed by atoms with van der Waals surface area (Å²) in [4.78, 5) is 12.2. The molecule has 4 heteroatoms. The largest absolute Gasteiger partial charge is 0.385 e. The van der Waals surface area contributed by atoms with Crippen LogP contribution in [0.3, 0.4) is 0 Å². The second-order valence-corrected chi connectivity index (χ2v) is 5.08. The van der Waals surface area contributed by atoms with E-state index in [1.54, 1.807) is 7.11 Å². The van der Waals surface area contributed by atoms with Crippen molar-refractivity contribution in [3.63, 3.8) is 0 Å². The number of carbonyl (C=O) groups is 1. The van der Waals surface area contributed by atoms with Crippen molar-refractivity contribution in [2.24, 2.45) is 0 Å². The average Bonchev–Trinajstić information content (AvgIpc) is 2.44. The third-order valence-corrected chi connectivity index (χ3v) is 3.51. The Hall–Kier alpha value is -1.55. The molecule has 0 saturated carbocycles. The smallest absolute Gasteiger partial charge is 0.242 e. The molecule has 2 rings (SSSR count). The standard InChI is InChI=1S/C15H22N2O2/c1-11(9-10-19-2)16-15(18)14-8-7-12-5-3-4-6-13(12)17-14/h3-6,11,14,17H,7-10H2,1-2H3,(H,16,18). The minimum Gasteiger partial charge on any atom is -0.385 e. The molecule has 2 unspecified atom stereocenters. The summed E-state index contributed by atoms with van der Waals surface area (Å²) in [5.41, 5.74) is 2.37. The SMILES string of the molecule is COCCC(C)NC(=O)C1CCc2ccccc2N1. The summed E-state index contributed by atoms with van der Waals surface area (Å²) in [5, 5.41) is 6.35. The highest BCUT2D eigenvalue weighted by atomic mass is 16.5. The number of rotatable bonds is 5. The number of aryl methyl sites for hydroxylation is 1. The van der Waals surface area contributed by atoms with E-state index >= 15 is 0 Å². The number of hydrogen-bond donors (Lipinski definition) is 2. The summed E-state index contributed by atoms with van der Waals surface area (Å²) in [6.45, 7) is 2.68. The van der Waals surface area contributed by atoms with Gasteiger partial charge in [0.15, 0.2) is 0 Å². The van der Waals surface area contributed by atoms with E-state index in [4.69, 9.17) is 4.74 Å². The third kappa shape index (κ3) is 3.70. The molecule has 1 aliphatic heterocycles. The topological polar surface area (TPSA) is 50.4 Å². The summed E-state index contributed by atoms with van der Waals surface area (Å²) < 4.78 is 5.02. The number of carbonyl (C=O) groups excluding carboxylic acids is 1. The third-order valence-electron chi connectivity index (χ3n) is 3.51. The molecule has 1 heterocycles. The lowest BCUT2D eigenvalue weighted by atomic mass is 9.97. The molecule has 2 N–H and O–H groups in total. The molecule has 2 atom stereocenters. The van der Waals surface area contributed by atoms with Crippen LogP contribution in [0.25, 0.3) is 0 Å². The van der Waals surface area contributed by atoms with Crippen molar-refractivity contribution in [3.05, 3.63) is 29.8 Å². The van der Waals surface area contributed by atoms with Crippen LogP contribution < -0.4 is 10.6 Å². The van der Waals surface area contributed by atoms with Gasteiger partial charge in [-0.3, -0.25) is 4.79 Å². The van der Waals surface area contributed by atoms with Gasteiger partial charge in [-0.15, -0.1) is 0 Å². The molecular formula is C15H22N2O2. The van der Waals surface area contributed by atoms with Crippen LogP contribution in [-0.2, 0) is 16.0 Å². The number of para-hydroxylation sites is 1. The molecule has 4 nitrogen and oxygen atoms in total. The van der Waals surface area contributed by atoms with E-state index in [9.17, 15) is 4.79 Å². The van der Waals surface area contributed by atoms with Gasteiger partial charge in [0.25, 0.3) is 0 Å². The summed E-state index contributed by atoms with van der Waals surface area (Å²) in [6, 6.07) is 8.19. The summed E-state index contributed by atoms with van der Waals surface area (Å²) in [5.74, 6) is 0.0816. The molecule has 0 fully saturated rings. The zero-order valence-electron chi connectivity index (χ0n) is 11.6. The summed E-state index contributed by atoms with van der Waals surface area (Å²) in [7, 11) is 1.67. The van der Waals surface area contributed by atoms with Crippen LogP contribution in [0.15, 0.2) is 24.3 Å². The van der Waals surface area contributed by atoms with E-state index in [1.807, 2.05) is 25.1 Å². The monoisotopic (exact) mass is 262 g/mol. The van der Waals surface area contributed by atoms with Crippen LogP contribution >= 0.6 is 0 Å². The first-order valence-electron chi connectivity index (χ1n) is 6.84. The van der Waals surface area contributed by atoms with Crippen molar-refractivity contribution < 1.29 is 9.53 Å². The van der Waals surface area contributed by atoms with E-state index in [1.165, 1.54) is 5.56 Å². The maximum absolute atomic E-state index is 12.2. The summed E-state index contributed by atoms with van der Waals surface area (Å²) in [6.07, 6.45) is 2.64. The second-order valence-electron chi connectivity index (χ2n) is 5.08. The van der Waals surface area contributed by atoms with E-state index < -0.39 is 0 Å². The molecule has 19 heavy (non-hydrogen) atoms. The fourth-order valence-corrected chi connectivity index (χ4v) is 2.35.